The summed E-state index contributed by atoms with van der Waals surface area (Å²) in [5, 5.41) is 8.20. The predicted molar refractivity (Wildman–Crippen MR) is 164 cm³/mol. The van der Waals surface area contributed by atoms with Crippen LogP contribution < -0.4 is 19.1 Å². The fourth-order valence-electron chi connectivity index (χ4n) is 4.53. The number of nitrogens with zero attached hydrogens (tertiary/aromatic N) is 4. The molecule has 2 heterocycles. The maximum Gasteiger partial charge on any atom is 0.285 e. The van der Waals surface area contributed by atoms with Crippen molar-refractivity contribution < 1.29 is 22.7 Å². The van der Waals surface area contributed by atoms with Crippen molar-refractivity contribution in [2.45, 2.75) is 58.9 Å². The highest BCUT2D eigenvalue weighted by molar-refractivity contribution is 7.91. The minimum absolute atomic E-state index is 0.0451. The molecular formula is C31H41N5O5S. The molecule has 1 amide bonds. The first-order chi connectivity index (χ1) is 19.8. The van der Waals surface area contributed by atoms with Gasteiger partial charge in [-0.3, -0.25) is 9.69 Å². The van der Waals surface area contributed by atoms with Gasteiger partial charge in [0.25, 0.3) is 5.91 Å². The third kappa shape index (κ3) is 7.98. The number of piperazine rings is 1. The van der Waals surface area contributed by atoms with E-state index in [0.29, 0.717) is 12.4 Å². The Kier molecular flexibility index (Phi) is 9.73. The molecule has 1 aromatic heterocycles. The van der Waals surface area contributed by atoms with Crippen molar-refractivity contribution in [1.82, 2.24) is 19.8 Å². The van der Waals surface area contributed by atoms with Crippen LogP contribution in [0.4, 0.5) is 5.82 Å². The highest BCUT2D eigenvalue weighted by Crippen LogP contribution is 2.30. The smallest absolute Gasteiger partial charge is 0.285 e. The zero-order chi connectivity index (χ0) is 30.5. The second-order valence-corrected chi connectivity index (χ2v) is 14.0. The van der Waals surface area contributed by atoms with Crippen LogP contribution in [0, 0.1) is 0 Å². The molecular weight excluding hydrogens is 554 g/mol. The third-order valence-corrected chi connectivity index (χ3v) is 8.90. The zero-order valence-electron chi connectivity index (χ0n) is 25.3. The van der Waals surface area contributed by atoms with Crippen LogP contribution in [0.3, 0.4) is 0 Å². The van der Waals surface area contributed by atoms with Gasteiger partial charge in [-0.15, -0.1) is 10.2 Å². The molecule has 1 aliphatic rings. The van der Waals surface area contributed by atoms with E-state index in [1.807, 2.05) is 32.9 Å². The van der Waals surface area contributed by atoms with Crippen LogP contribution in [-0.4, -0.2) is 73.1 Å². The summed E-state index contributed by atoms with van der Waals surface area (Å²) in [7, 11) is -3.84. The van der Waals surface area contributed by atoms with E-state index >= 15 is 0 Å². The molecule has 0 spiro atoms. The number of benzene rings is 2. The summed E-state index contributed by atoms with van der Waals surface area (Å²) in [6, 6.07) is 17.7. The molecule has 3 aromatic rings. The first-order valence-electron chi connectivity index (χ1n) is 14.3. The maximum atomic E-state index is 12.4. The van der Waals surface area contributed by atoms with Gasteiger partial charge in [0.1, 0.15) is 11.5 Å². The van der Waals surface area contributed by atoms with Gasteiger partial charge in [-0.25, -0.2) is 13.1 Å². The Labute approximate surface area is 249 Å². The van der Waals surface area contributed by atoms with Crippen molar-refractivity contribution in [1.29, 1.82) is 0 Å². The molecule has 1 aliphatic heterocycles. The Bertz CT molecular complexity index is 1480. The quantitative estimate of drug-likeness (QED) is 0.362. The second-order valence-electron chi connectivity index (χ2n) is 11.6. The third-order valence-electron chi connectivity index (χ3n) is 6.84. The van der Waals surface area contributed by atoms with Gasteiger partial charge in [-0.2, -0.15) is 0 Å². The van der Waals surface area contributed by atoms with Crippen LogP contribution >= 0.6 is 0 Å². The van der Waals surface area contributed by atoms with Gasteiger partial charge in [-0.1, -0.05) is 12.1 Å². The Balaban J connectivity index is 1.41. The average Bonchev–Trinajstić information content (AvgIpc) is 2.92. The topological polar surface area (TPSA) is 114 Å². The van der Waals surface area contributed by atoms with E-state index in [2.05, 4.69) is 55.1 Å². The van der Waals surface area contributed by atoms with E-state index in [1.54, 1.807) is 6.07 Å². The fraction of sp³-hybridized carbons (Fsp3) is 0.452. The number of hydrogen-bond donors (Lipinski definition) is 1. The Hall–Kier alpha value is -3.70. The molecule has 0 atom stereocenters. The van der Waals surface area contributed by atoms with Crippen molar-refractivity contribution >= 4 is 21.7 Å². The summed E-state index contributed by atoms with van der Waals surface area (Å²) in [4.78, 5) is 16.9. The first kappa shape index (κ1) is 31.2. The number of hydrogen-bond acceptors (Lipinski definition) is 9. The number of rotatable bonds is 10. The van der Waals surface area contributed by atoms with Crippen molar-refractivity contribution in [2.75, 3.05) is 37.7 Å². The van der Waals surface area contributed by atoms with Gasteiger partial charge >= 0.3 is 0 Å². The SMILES string of the molecule is CCOc1cccc(-c2cc(CN3CCN(c4ccc(C(=O)NS(=O)(=O)C(C)(C)C)nn4)CC3)cc(OC(C)C)c2)c1. The normalized spacial score (nSPS) is 14.6. The van der Waals surface area contributed by atoms with Gasteiger partial charge in [0.05, 0.1) is 17.5 Å². The molecule has 0 saturated carbocycles. The minimum Gasteiger partial charge on any atom is -0.494 e. The lowest BCUT2D eigenvalue weighted by Crippen LogP contribution is -2.46. The Morgan fingerprint density at radius 3 is 2.29 bits per heavy atom. The number of nitrogens with one attached hydrogen (secondary N) is 1. The number of carbonyl (C=O) groups excluding carboxylic acids is 1. The lowest BCUT2D eigenvalue weighted by Gasteiger charge is -2.35. The molecule has 11 heteroatoms. The molecule has 42 heavy (non-hydrogen) atoms. The maximum absolute atomic E-state index is 12.4. The number of aromatic nitrogens is 2. The van der Waals surface area contributed by atoms with Crippen molar-refractivity contribution in [3.05, 3.63) is 65.9 Å². The van der Waals surface area contributed by atoms with Crippen LogP contribution in [-0.2, 0) is 16.6 Å². The molecule has 0 bridgehead atoms. The van der Waals surface area contributed by atoms with E-state index in [-0.39, 0.29) is 11.8 Å². The molecule has 0 aliphatic carbocycles. The Morgan fingerprint density at radius 2 is 1.67 bits per heavy atom. The predicted octanol–water partition coefficient (Wildman–Crippen LogP) is 4.51. The number of ether oxygens (including phenoxy) is 2. The van der Waals surface area contributed by atoms with Gasteiger partial charge in [0, 0.05) is 32.7 Å². The lowest BCUT2D eigenvalue weighted by molar-refractivity contribution is 0.0974. The monoisotopic (exact) mass is 595 g/mol. The van der Waals surface area contributed by atoms with E-state index in [4.69, 9.17) is 9.47 Å². The second kappa shape index (κ2) is 13.1. The summed E-state index contributed by atoms with van der Waals surface area (Å²) in [6.45, 7) is 15.1. The van der Waals surface area contributed by atoms with E-state index in [9.17, 15) is 13.2 Å². The van der Waals surface area contributed by atoms with Crippen molar-refractivity contribution in [3.63, 3.8) is 0 Å². The highest BCUT2D eigenvalue weighted by Gasteiger charge is 2.31. The van der Waals surface area contributed by atoms with E-state index in [0.717, 1.165) is 55.3 Å². The number of sulfonamides is 1. The minimum atomic E-state index is -3.84. The molecule has 10 nitrogen and oxygen atoms in total. The molecule has 1 N–H and O–H groups in total. The van der Waals surface area contributed by atoms with E-state index in [1.165, 1.54) is 32.4 Å². The van der Waals surface area contributed by atoms with Gasteiger partial charge in [-0.05, 0) is 101 Å². The standard InChI is InChI=1S/C31H41N5O5S/c1-7-40-26-10-8-9-24(19-26)25-17-23(18-27(20-25)41-22(2)3)21-35-13-15-36(16-14-35)29-12-11-28(32-33-29)30(37)34-42(38,39)31(4,5)6/h8-12,17-20,22H,7,13-16,21H2,1-6H3,(H,34,37). The summed E-state index contributed by atoms with van der Waals surface area (Å²) in [5.74, 6) is 1.54. The largest absolute Gasteiger partial charge is 0.494 e. The van der Waals surface area contributed by atoms with Crippen LogP contribution in [0.2, 0.25) is 0 Å². The van der Waals surface area contributed by atoms with E-state index < -0.39 is 20.7 Å². The van der Waals surface area contributed by atoms with Crippen LogP contribution in [0.25, 0.3) is 11.1 Å². The first-order valence-corrected chi connectivity index (χ1v) is 15.7. The van der Waals surface area contributed by atoms with Crippen LogP contribution in [0.5, 0.6) is 11.5 Å². The summed E-state index contributed by atoms with van der Waals surface area (Å²) >= 11 is 0. The molecule has 1 fully saturated rings. The fourth-order valence-corrected chi connectivity index (χ4v) is 5.18. The zero-order valence-corrected chi connectivity index (χ0v) is 26.1. The summed E-state index contributed by atoms with van der Waals surface area (Å²) in [5.41, 5.74) is 3.28. The lowest BCUT2D eigenvalue weighted by atomic mass is 10.0. The number of amides is 1. The molecule has 226 valence electrons. The van der Waals surface area contributed by atoms with Gasteiger partial charge < -0.3 is 14.4 Å². The molecule has 0 radical (unpaired) electrons. The van der Waals surface area contributed by atoms with Crippen LogP contribution in [0.15, 0.2) is 54.6 Å². The van der Waals surface area contributed by atoms with Crippen molar-refractivity contribution in [3.8, 4) is 22.6 Å². The van der Waals surface area contributed by atoms with Crippen LogP contribution in [0.1, 0.15) is 57.6 Å². The molecule has 4 rings (SSSR count). The molecule has 2 aromatic carbocycles. The number of anilines is 1. The molecule has 0 unspecified atom stereocenters. The van der Waals surface area contributed by atoms with Gasteiger partial charge in [0.2, 0.25) is 10.0 Å². The van der Waals surface area contributed by atoms with Gasteiger partial charge in [0.15, 0.2) is 11.5 Å². The number of carbonyl (C=O) groups is 1. The molecule has 1 saturated heterocycles. The Morgan fingerprint density at radius 1 is 0.952 bits per heavy atom. The van der Waals surface area contributed by atoms with Crippen molar-refractivity contribution in [2.24, 2.45) is 0 Å². The highest BCUT2D eigenvalue weighted by atomic mass is 32.2. The summed E-state index contributed by atoms with van der Waals surface area (Å²) < 4.78 is 37.4. The summed E-state index contributed by atoms with van der Waals surface area (Å²) in [6.07, 6.45) is 0.0628. The average molecular weight is 596 g/mol.